The van der Waals surface area contributed by atoms with Crippen LogP contribution >= 0.6 is 0 Å². The molecular weight excluding hydrogens is 172 g/mol. The maximum absolute atomic E-state index is 13.3. The summed E-state index contributed by atoms with van der Waals surface area (Å²) in [6.45, 7) is 0.180. The van der Waals surface area contributed by atoms with Gasteiger partial charge in [0.05, 0.1) is 6.04 Å². The molecule has 2 rings (SSSR count). The van der Waals surface area contributed by atoms with Crippen LogP contribution in [0.2, 0.25) is 0 Å². The minimum absolute atomic E-state index is 0.299. The molecule has 1 aromatic rings. The summed E-state index contributed by atoms with van der Waals surface area (Å²) in [5.41, 5.74) is 1.44. The fraction of sp³-hybridized carbons (Fsp3) is 0.400. The van der Waals surface area contributed by atoms with E-state index < -0.39 is 12.7 Å². The number of nitrogens with one attached hydrogen (secondary N) is 1. The maximum Gasteiger partial charge on any atom is 0.128 e. The molecule has 0 saturated heterocycles. The van der Waals surface area contributed by atoms with E-state index >= 15 is 0 Å². The van der Waals surface area contributed by atoms with Crippen LogP contribution in [0.25, 0.3) is 0 Å². The van der Waals surface area contributed by atoms with Crippen LogP contribution in [0.5, 0.6) is 0 Å². The molecule has 1 N–H and O–H groups in total. The van der Waals surface area contributed by atoms with Crippen molar-refractivity contribution in [3.05, 3.63) is 35.1 Å². The van der Waals surface area contributed by atoms with Crippen LogP contribution in [-0.4, -0.2) is 13.2 Å². The standard InChI is InChI=1S/C10H11F2N/c11-6-9-10-7(4-5-13-9)2-1-3-8(10)12/h1-3,9,13H,4-6H2. The highest BCUT2D eigenvalue weighted by Crippen LogP contribution is 2.25. The van der Waals surface area contributed by atoms with Gasteiger partial charge >= 0.3 is 0 Å². The lowest BCUT2D eigenvalue weighted by atomic mass is 9.94. The Kier molecular flexibility index (Phi) is 2.27. The third kappa shape index (κ3) is 1.44. The van der Waals surface area contributed by atoms with Gasteiger partial charge in [-0.3, -0.25) is 0 Å². The van der Waals surface area contributed by atoms with E-state index in [-0.39, 0.29) is 5.82 Å². The molecule has 1 atom stereocenters. The van der Waals surface area contributed by atoms with E-state index in [2.05, 4.69) is 5.32 Å². The molecule has 1 aliphatic heterocycles. The number of fused-ring (bicyclic) bond motifs is 1. The topological polar surface area (TPSA) is 12.0 Å². The average molecular weight is 183 g/mol. The Morgan fingerprint density at radius 1 is 1.46 bits per heavy atom. The van der Waals surface area contributed by atoms with Crippen molar-refractivity contribution in [2.75, 3.05) is 13.2 Å². The number of hydrogen-bond acceptors (Lipinski definition) is 1. The zero-order valence-corrected chi connectivity index (χ0v) is 7.19. The molecule has 13 heavy (non-hydrogen) atoms. The predicted molar refractivity (Wildman–Crippen MR) is 46.8 cm³/mol. The van der Waals surface area contributed by atoms with E-state index in [1.165, 1.54) is 6.07 Å². The van der Waals surface area contributed by atoms with E-state index in [1.807, 2.05) is 6.07 Å². The summed E-state index contributed by atoms with van der Waals surface area (Å²) < 4.78 is 25.8. The van der Waals surface area contributed by atoms with Crippen LogP contribution in [0, 0.1) is 5.82 Å². The molecular formula is C10H11F2N. The minimum atomic E-state index is -0.548. The normalized spacial score (nSPS) is 21.2. The Labute approximate surface area is 75.8 Å². The highest BCUT2D eigenvalue weighted by atomic mass is 19.1. The van der Waals surface area contributed by atoms with Gasteiger partial charge in [0.25, 0.3) is 0 Å². The van der Waals surface area contributed by atoms with Gasteiger partial charge in [0.2, 0.25) is 0 Å². The van der Waals surface area contributed by atoms with Crippen LogP contribution in [0.4, 0.5) is 8.78 Å². The van der Waals surface area contributed by atoms with E-state index in [9.17, 15) is 8.78 Å². The van der Waals surface area contributed by atoms with E-state index in [0.29, 0.717) is 5.56 Å². The van der Waals surface area contributed by atoms with Crippen molar-refractivity contribution in [2.24, 2.45) is 0 Å². The molecule has 0 aromatic heterocycles. The second kappa shape index (κ2) is 3.42. The van der Waals surface area contributed by atoms with Crippen molar-refractivity contribution >= 4 is 0 Å². The van der Waals surface area contributed by atoms with Gasteiger partial charge in [-0.05, 0) is 24.6 Å². The molecule has 0 amide bonds. The van der Waals surface area contributed by atoms with E-state index in [0.717, 1.165) is 18.5 Å². The molecule has 1 aliphatic rings. The van der Waals surface area contributed by atoms with Crippen molar-refractivity contribution in [2.45, 2.75) is 12.5 Å². The first-order chi connectivity index (χ1) is 6.33. The first-order valence-electron chi connectivity index (χ1n) is 4.39. The Morgan fingerprint density at radius 3 is 3.08 bits per heavy atom. The van der Waals surface area contributed by atoms with Crippen molar-refractivity contribution in [1.82, 2.24) is 5.32 Å². The first-order valence-corrected chi connectivity index (χ1v) is 4.39. The van der Waals surface area contributed by atoms with Gasteiger partial charge in [-0.25, -0.2) is 8.78 Å². The molecule has 0 aliphatic carbocycles. The number of benzene rings is 1. The van der Waals surface area contributed by atoms with E-state index in [4.69, 9.17) is 0 Å². The van der Waals surface area contributed by atoms with Crippen LogP contribution in [0.15, 0.2) is 18.2 Å². The summed E-state index contributed by atoms with van der Waals surface area (Å²) in [5, 5.41) is 2.95. The SMILES string of the molecule is FCC1NCCc2cccc(F)c21. The zero-order valence-electron chi connectivity index (χ0n) is 7.19. The maximum atomic E-state index is 13.3. The van der Waals surface area contributed by atoms with Gasteiger partial charge in [0, 0.05) is 5.56 Å². The first kappa shape index (κ1) is 8.63. The third-order valence-corrected chi connectivity index (χ3v) is 2.43. The fourth-order valence-corrected chi connectivity index (χ4v) is 1.80. The molecule has 1 nitrogen and oxygen atoms in total. The van der Waals surface area contributed by atoms with Gasteiger partial charge < -0.3 is 5.32 Å². The van der Waals surface area contributed by atoms with Gasteiger partial charge in [-0.15, -0.1) is 0 Å². The van der Waals surface area contributed by atoms with Gasteiger partial charge in [-0.2, -0.15) is 0 Å². The average Bonchev–Trinajstić information content (AvgIpc) is 2.17. The second-order valence-electron chi connectivity index (χ2n) is 3.22. The fourth-order valence-electron chi connectivity index (χ4n) is 1.80. The smallest absolute Gasteiger partial charge is 0.128 e. The van der Waals surface area contributed by atoms with Crippen LogP contribution in [0.1, 0.15) is 17.2 Å². The predicted octanol–water partition coefficient (Wildman–Crippen LogP) is 1.98. The van der Waals surface area contributed by atoms with Crippen molar-refractivity contribution in [3.8, 4) is 0 Å². The molecule has 1 aromatic carbocycles. The van der Waals surface area contributed by atoms with Crippen molar-refractivity contribution in [1.29, 1.82) is 0 Å². The Hall–Kier alpha value is -0.960. The lowest BCUT2D eigenvalue weighted by Gasteiger charge is -2.24. The van der Waals surface area contributed by atoms with Gasteiger partial charge in [0.15, 0.2) is 0 Å². The number of halogens is 2. The lowest BCUT2D eigenvalue weighted by molar-refractivity contribution is 0.360. The van der Waals surface area contributed by atoms with Gasteiger partial charge in [-0.1, -0.05) is 12.1 Å². The van der Waals surface area contributed by atoms with Crippen LogP contribution < -0.4 is 5.32 Å². The number of rotatable bonds is 1. The van der Waals surface area contributed by atoms with Crippen LogP contribution in [0.3, 0.4) is 0 Å². The van der Waals surface area contributed by atoms with Crippen LogP contribution in [-0.2, 0) is 6.42 Å². The Bertz CT molecular complexity index is 312. The summed E-state index contributed by atoms with van der Waals surface area (Å²) in [7, 11) is 0. The highest BCUT2D eigenvalue weighted by Gasteiger charge is 2.22. The molecule has 0 fully saturated rings. The van der Waals surface area contributed by atoms with Crippen molar-refractivity contribution < 1.29 is 8.78 Å². The molecule has 0 spiro atoms. The summed E-state index contributed by atoms with van der Waals surface area (Å²) in [6, 6.07) is 4.47. The zero-order chi connectivity index (χ0) is 9.26. The quantitative estimate of drug-likeness (QED) is 0.702. The molecule has 3 heteroatoms. The summed E-state index contributed by atoms with van der Waals surface area (Å²) in [5.74, 6) is -0.299. The largest absolute Gasteiger partial charge is 0.307 e. The number of hydrogen-bond donors (Lipinski definition) is 1. The summed E-state index contributed by atoms with van der Waals surface area (Å²) in [4.78, 5) is 0. The van der Waals surface area contributed by atoms with Crippen molar-refractivity contribution in [3.63, 3.8) is 0 Å². The summed E-state index contributed by atoms with van der Waals surface area (Å²) in [6.07, 6.45) is 0.781. The second-order valence-corrected chi connectivity index (χ2v) is 3.22. The molecule has 1 unspecified atom stereocenters. The molecule has 0 bridgehead atoms. The Balaban J connectivity index is 2.47. The van der Waals surface area contributed by atoms with E-state index in [1.54, 1.807) is 6.07 Å². The highest BCUT2D eigenvalue weighted by molar-refractivity contribution is 5.33. The lowest BCUT2D eigenvalue weighted by Crippen LogP contribution is -2.31. The number of alkyl halides is 1. The third-order valence-electron chi connectivity index (χ3n) is 2.43. The molecule has 0 saturated carbocycles. The van der Waals surface area contributed by atoms with Gasteiger partial charge in [0.1, 0.15) is 12.5 Å². The molecule has 0 radical (unpaired) electrons. The minimum Gasteiger partial charge on any atom is -0.307 e. The molecule has 1 heterocycles. The Morgan fingerprint density at radius 2 is 2.31 bits per heavy atom. The monoisotopic (exact) mass is 183 g/mol. The summed E-state index contributed by atoms with van der Waals surface area (Å²) >= 11 is 0. The molecule has 70 valence electrons.